The second-order valence-electron chi connectivity index (χ2n) is 4.41. The molecule has 0 atom stereocenters. The third kappa shape index (κ3) is 3.46. The molecular weight excluding hydrogens is 310 g/mol. The first-order valence-corrected chi connectivity index (χ1v) is 6.78. The summed E-state index contributed by atoms with van der Waals surface area (Å²) in [6.45, 7) is 1.51. The van der Waals surface area contributed by atoms with Crippen LogP contribution in [-0.4, -0.2) is 26.3 Å². The monoisotopic (exact) mass is 321 g/mol. The lowest BCUT2D eigenvalue weighted by atomic mass is 10.2. The highest BCUT2D eigenvalue weighted by atomic mass is 32.2. The van der Waals surface area contributed by atoms with E-state index in [-0.39, 0.29) is 10.6 Å². The molecule has 1 aromatic heterocycles. The van der Waals surface area contributed by atoms with Crippen LogP contribution in [0.1, 0.15) is 5.56 Å². The molecule has 0 fully saturated rings. The number of hydrogen-bond donors (Lipinski definition) is 0. The number of alkyl halides is 3. The summed E-state index contributed by atoms with van der Waals surface area (Å²) in [6.07, 6.45) is -3.13. The van der Waals surface area contributed by atoms with E-state index in [1.807, 2.05) is 0 Å². The molecular formula is C12H11F4N3OS. The Bertz CT molecular complexity index is 720. The molecule has 0 amide bonds. The Morgan fingerprint density at radius 3 is 2.52 bits per heavy atom. The minimum Gasteiger partial charge on any atom is -0.284 e. The van der Waals surface area contributed by atoms with Crippen molar-refractivity contribution in [2.24, 2.45) is 7.05 Å². The van der Waals surface area contributed by atoms with E-state index in [2.05, 4.69) is 5.10 Å². The Morgan fingerprint density at radius 1 is 1.33 bits per heavy atom. The molecule has 2 aromatic rings. The third-order valence-corrected chi connectivity index (χ3v) is 3.91. The van der Waals surface area contributed by atoms with Crippen LogP contribution in [0, 0.1) is 12.7 Å². The van der Waals surface area contributed by atoms with Gasteiger partial charge >= 0.3 is 11.9 Å². The standard InChI is InChI=1S/C12H11F4N3OS/c1-7-3-8(13)9(19-11(20)18(2)6-17-19)4-10(7)21-5-12(14,15)16/h3-4,6H,5H2,1-2H3. The molecule has 114 valence electrons. The Labute approximate surface area is 121 Å². The van der Waals surface area contributed by atoms with Crippen LogP contribution in [0.25, 0.3) is 5.69 Å². The summed E-state index contributed by atoms with van der Waals surface area (Å²) in [5.41, 5.74) is -0.380. The summed E-state index contributed by atoms with van der Waals surface area (Å²) in [5, 5.41) is 3.72. The van der Waals surface area contributed by atoms with Crippen molar-refractivity contribution in [1.29, 1.82) is 0 Å². The van der Waals surface area contributed by atoms with Crippen LogP contribution in [-0.2, 0) is 7.05 Å². The zero-order valence-corrected chi connectivity index (χ0v) is 11.9. The Balaban J connectivity index is 2.44. The van der Waals surface area contributed by atoms with E-state index in [9.17, 15) is 22.4 Å². The van der Waals surface area contributed by atoms with Gasteiger partial charge in [-0.2, -0.15) is 23.0 Å². The van der Waals surface area contributed by atoms with Gasteiger partial charge in [0.2, 0.25) is 0 Å². The van der Waals surface area contributed by atoms with Crippen molar-refractivity contribution in [2.45, 2.75) is 18.0 Å². The number of rotatable bonds is 3. The molecule has 0 N–H and O–H groups in total. The van der Waals surface area contributed by atoms with E-state index in [0.29, 0.717) is 17.3 Å². The van der Waals surface area contributed by atoms with Crippen molar-refractivity contribution < 1.29 is 17.6 Å². The van der Waals surface area contributed by atoms with E-state index in [4.69, 9.17) is 0 Å². The van der Waals surface area contributed by atoms with Gasteiger partial charge < -0.3 is 0 Å². The predicted octanol–water partition coefficient (Wildman–Crippen LogP) is 2.67. The summed E-state index contributed by atoms with van der Waals surface area (Å²) in [7, 11) is 1.44. The average molecular weight is 321 g/mol. The van der Waals surface area contributed by atoms with Crippen LogP contribution in [0.5, 0.6) is 0 Å². The molecule has 4 nitrogen and oxygen atoms in total. The molecule has 0 aliphatic rings. The van der Waals surface area contributed by atoms with Gasteiger partial charge in [0.1, 0.15) is 17.8 Å². The molecule has 0 aliphatic carbocycles. The molecule has 0 aliphatic heterocycles. The number of thioether (sulfide) groups is 1. The Morgan fingerprint density at radius 2 is 2.00 bits per heavy atom. The summed E-state index contributed by atoms with van der Waals surface area (Å²) >= 11 is 0.543. The minimum atomic E-state index is -4.33. The molecule has 2 rings (SSSR count). The van der Waals surface area contributed by atoms with Crippen LogP contribution < -0.4 is 5.69 Å². The zero-order chi connectivity index (χ0) is 15.8. The van der Waals surface area contributed by atoms with Crippen molar-refractivity contribution in [2.75, 3.05) is 5.75 Å². The van der Waals surface area contributed by atoms with Crippen molar-refractivity contribution in [3.05, 3.63) is 40.3 Å². The van der Waals surface area contributed by atoms with E-state index in [1.165, 1.54) is 26.4 Å². The predicted molar refractivity (Wildman–Crippen MR) is 70.3 cm³/mol. The van der Waals surface area contributed by atoms with E-state index >= 15 is 0 Å². The maximum absolute atomic E-state index is 13.9. The van der Waals surface area contributed by atoms with Crippen LogP contribution in [0.2, 0.25) is 0 Å². The van der Waals surface area contributed by atoms with Crippen LogP contribution in [0.4, 0.5) is 17.6 Å². The zero-order valence-electron chi connectivity index (χ0n) is 11.1. The van der Waals surface area contributed by atoms with Crippen molar-refractivity contribution in [1.82, 2.24) is 14.3 Å². The number of halogens is 4. The highest BCUT2D eigenvalue weighted by molar-refractivity contribution is 7.99. The van der Waals surface area contributed by atoms with Gasteiger partial charge in [0.05, 0.1) is 5.75 Å². The van der Waals surface area contributed by atoms with E-state index in [0.717, 1.165) is 15.3 Å². The molecule has 0 saturated carbocycles. The molecule has 1 heterocycles. The quantitative estimate of drug-likeness (QED) is 0.644. The maximum atomic E-state index is 13.9. The fourth-order valence-electron chi connectivity index (χ4n) is 1.66. The molecule has 0 radical (unpaired) electrons. The van der Waals surface area contributed by atoms with E-state index in [1.54, 1.807) is 0 Å². The van der Waals surface area contributed by atoms with Crippen LogP contribution in [0.3, 0.4) is 0 Å². The number of aryl methyl sites for hydroxylation is 2. The second-order valence-corrected chi connectivity index (χ2v) is 5.43. The van der Waals surface area contributed by atoms with Crippen molar-refractivity contribution >= 4 is 11.8 Å². The first-order valence-electron chi connectivity index (χ1n) is 5.80. The number of nitrogens with zero attached hydrogens (tertiary/aromatic N) is 3. The SMILES string of the molecule is Cc1cc(F)c(-n2ncn(C)c2=O)cc1SCC(F)(F)F. The Hall–Kier alpha value is -1.77. The lowest BCUT2D eigenvalue weighted by Gasteiger charge is -2.11. The third-order valence-electron chi connectivity index (χ3n) is 2.69. The summed E-state index contributed by atoms with van der Waals surface area (Å²) in [4.78, 5) is 12.0. The first kappa shape index (κ1) is 15.6. The topological polar surface area (TPSA) is 39.8 Å². The smallest absolute Gasteiger partial charge is 0.284 e. The van der Waals surface area contributed by atoms with Gasteiger partial charge in [0, 0.05) is 11.9 Å². The van der Waals surface area contributed by atoms with Crippen LogP contribution >= 0.6 is 11.8 Å². The van der Waals surface area contributed by atoms with Gasteiger partial charge in [-0.1, -0.05) is 0 Å². The van der Waals surface area contributed by atoms with Gasteiger partial charge in [-0.25, -0.2) is 9.18 Å². The molecule has 0 spiro atoms. The maximum Gasteiger partial charge on any atom is 0.398 e. The lowest BCUT2D eigenvalue weighted by Crippen LogP contribution is -2.22. The number of aromatic nitrogens is 3. The second kappa shape index (κ2) is 5.55. The number of hydrogen-bond acceptors (Lipinski definition) is 3. The minimum absolute atomic E-state index is 0.170. The van der Waals surface area contributed by atoms with Crippen molar-refractivity contribution in [3.8, 4) is 5.69 Å². The van der Waals surface area contributed by atoms with Gasteiger partial charge in [-0.3, -0.25) is 4.57 Å². The number of benzene rings is 1. The summed E-state index contributed by atoms with van der Waals surface area (Å²) in [6, 6.07) is 2.30. The highest BCUT2D eigenvalue weighted by Crippen LogP contribution is 2.31. The molecule has 0 bridgehead atoms. The fraction of sp³-hybridized carbons (Fsp3) is 0.333. The molecule has 21 heavy (non-hydrogen) atoms. The summed E-state index contributed by atoms with van der Waals surface area (Å²) < 4.78 is 52.7. The lowest BCUT2D eigenvalue weighted by molar-refractivity contribution is -0.105. The highest BCUT2D eigenvalue weighted by Gasteiger charge is 2.28. The molecule has 0 unspecified atom stereocenters. The van der Waals surface area contributed by atoms with Gasteiger partial charge in [-0.05, 0) is 24.6 Å². The molecule has 0 saturated heterocycles. The van der Waals surface area contributed by atoms with E-state index < -0.39 is 23.4 Å². The van der Waals surface area contributed by atoms with Gasteiger partial charge in [-0.15, -0.1) is 11.8 Å². The first-order chi connectivity index (χ1) is 9.69. The fourth-order valence-corrected chi connectivity index (χ4v) is 2.46. The Kier molecular flexibility index (Phi) is 4.13. The largest absolute Gasteiger partial charge is 0.398 e. The van der Waals surface area contributed by atoms with Gasteiger partial charge in [0.25, 0.3) is 0 Å². The molecule has 9 heteroatoms. The van der Waals surface area contributed by atoms with Crippen LogP contribution in [0.15, 0.2) is 28.2 Å². The van der Waals surface area contributed by atoms with Gasteiger partial charge in [0.15, 0.2) is 0 Å². The average Bonchev–Trinajstić information content (AvgIpc) is 2.68. The van der Waals surface area contributed by atoms with Crippen molar-refractivity contribution in [3.63, 3.8) is 0 Å². The normalized spacial score (nSPS) is 11.9. The molecule has 1 aromatic carbocycles. The summed E-state index contributed by atoms with van der Waals surface area (Å²) in [5.74, 6) is -1.81.